The van der Waals surface area contributed by atoms with Crippen LogP contribution in [0.25, 0.3) is 22.1 Å². The molecular weight excluding hydrogens is 526 g/mol. The molecule has 0 aliphatic rings. The van der Waals surface area contributed by atoms with Gasteiger partial charge in [0.15, 0.2) is 6.61 Å². The molecule has 36 heavy (non-hydrogen) atoms. The van der Waals surface area contributed by atoms with Gasteiger partial charge in [-0.2, -0.15) is 0 Å². The molecule has 0 radical (unpaired) electrons. The first kappa shape index (κ1) is 25.2. The Hall–Kier alpha value is -3.91. The highest BCUT2D eigenvalue weighted by atomic mass is 79.9. The van der Waals surface area contributed by atoms with E-state index in [1.165, 1.54) is 12.1 Å². The van der Waals surface area contributed by atoms with Gasteiger partial charge in [-0.05, 0) is 63.8 Å². The van der Waals surface area contributed by atoms with Gasteiger partial charge in [0.25, 0.3) is 5.91 Å². The molecule has 1 amide bonds. The lowest BCUT2D eigenvalue weighted by Crippen LogP contribution is -2.28. The molecule has 7 nitrogen and oxygen atoms in total. The lowest BCUT2D eigenvalue weighted by Gasteiger charge is -2.10. The molecule has 0 aliphatic carbocycles. The number of hydrogen-bond donors (Lipinski definition) is 1. The summed E-state index contributed by atoms with van der Waals surface area (Å²) in [5.41, 5.74) is 1.45. The fraction of sp³-hybridized carbons (Fsp3) is 0.179. The van der Waals surface area contributed by atoms with Crippen molar-refractivity contribution in [2.45, 2.75) is 19.8 Å². The van der Waals surface area contributed by atoms with Crippen LogP contribution in [0.4, 0.5) is 0 Å². The van der Waals surface area contributed by atoms with E-state index in [9.17, 15) is 14.4 Å². The van der Waals surface area contributed by atoms with Gasteiger partial charge < -0.3 is 19.2 Å². The third-order valence-corrected chi connectivity index (χ3v) is 6.00. The molecule has 0 aliphatic heterocycles. The molecule has 0 spiro atoms. The third-order valence-electron chi connectivity index (χ3n) is 5.38. The zero-order chi connectivity index (χ0) is 25.5. The van der Waals surface area contributed by atoms with Crippen LogP contribution in [0.3, 0.4) is 0 Å². The van der Waals surface area contributed by atoms with Gasteiger partial charge in [-0.3, -0.25) is 4.79 Å². The second-order valence-corrected chi connectivity index (χ2v) is 8.88. The number of unbranched alkanes of at least 4 members (excludes halogenated alkanes) is 1. The van der Waals surface area contributed by atoms with Gasteiger partial charge in [-0.1, -0.05) is 49.7 Å². The van der Waals surface area contributed by atoms with Crippen molar-refractivity contribution in [3.05, 3.63) is 93.3 Å². The first-order valence-corrected chi connectivity index (χ1v) is 12.3. The molecule has 0 unspecified atom stereocenters. The van der Waals surface area contributed by atoms with Crippen molar-refractivity contribution in [2.75, 3.05) is 13.2 Å². The van der Waals surface area contributed by atoms with Crippen LogP contribution in [0.5, 0.6) is 11.5 Å². The summed E-state index contributed by atoms with van der Waals surface area (Å²) >= 11 is 3.48. The number of carbonyl (C=O) groups is 2. The number of benzene rings is 3. The van der Waals surface area contributed by atoms with Crippen LogP contribution in [0.1, 0.15) is 30.1 Å². The Morgan fingerprint density at radius 2 is 1.78 bits per heavy atom. The van der Waals surface area contributed by atoms with E-state index >= 15 is 0 Å². The van der Waals surface area contributed by atoms with Gasteiger partial charge >= 0.3 is 11.6 Å². The molecule has 0 saturated carbocycles. The molecule has 1 aromatic heterocycles. The highest BCUT2D eigenvalue weighted by molar-refractivity contribution is 9.10. The highest BCUT2D eigenvalue weighted by Crippen LogP contribution is 2.30. The molecule has 0 atom stereocenters. The van der Waals surface area contributed by atoms with E-state index in [-0.39, 0.29) is 23.5 Å². The number of hydrogen-bond acceptors (Lipinski definition) is 6. The summed E-state index contributed by atoms with van der Waals surface area (Å²) in [4.78, 5) is 36.9. The topological polar surface area (TPSA) is 94.8 Å². The molecule has 8 heteroatoms. The smallest absolute Gasteiger partial charge is 0.349 e. The van der Waals surface area contributed by atoms with Gasteiger partial charge in [-0.15, -0.1) is 0 Å². The molecule has 4 rings (SSSR count). The zero-order valence-corrected chi connectivity index (χ0v) is 21.2. The Morgan fingerprint density at radius 1 is 0.972 bits per heavy atom. The Kier molecular flexibility index (Phi) is 8.17. The van der Waals surface area contributed by atoms with Gasteiger partial charge in [0.2, 0.25) is 0 Å². The molecule has 1 N–H and O–H groups in total. The average Bonchev–Trinajstić information content (AvgIpc) is 2.88. The van der Waals surface area contributed by atoms with Crippen LogP contribution < -0.4 is 20.4 Å². The predicted octanol–water partition coefficient (Wildman–Crippen LogP) is 5.74. The minimum atomic E-state index is -0.757. The quantitative estimate of drug-likeness (QED) is 0.124. The second-order valence-electron chi connectivity index (χ2n) is 8.03. The van der Waals surface area contributed by atoms with Crippen molar-refractivity contribution in [1.82, 2.24) is 5.32 Å². The number of esters is 1. The van der Waals surface area contributed by atoms with Crippen LogP contribution in [-0.2, 0) is 4.79 Å². The molecule has 0 fully saturated rings. The minimum Gasteiger partial charge on any atom is -0.481 e. The predicted molar refractivity (Wildman–Crippen MR) is 140 cm³/mol. The molecule has 3 aromatic carbocycles. The van der Waals surface area contributed by atoms with Crippen LogP contribution in [0, 0.1) is 0 Å². The SMILES string of the molecule is CCCCNC(=O)c1cc2ccc(OC(=O)COc3ccc(-c4ccccc4)cc3Br)cc2oc1=O. The minimum absolute atomic E-state index is 0.0689. The van der Waals surface area contributed by atoms with E-state index in [0.29, 0.717) is 22.2 Å². The van der Waals surface area contributed by atoms with Crippen LogP contribution in [0.2, 0.25) is 0 Å². The van der Waals surface area contributed by atoms with Gasteiger partial charge in [0.05, 0.1) is 4.47 Å². The first-order valence-electron chi connectivity index (χ1n) is 11.5. The van der Waals surface area contributed by atoms with E-state index in [0.717, 1.165) is 24.0 Å². The number of carbonyl (C=O) groups excluding carboxylic acids is 2. The van der Waals surface area contributed by atoms with Crippen molar-refractivity contribution >= 4 is 38.8 Å². The summed E-state index contributed by atoms with van der Waals surface area (Å²) in [6.07, 6.45) is 1.75. The summed E-state index contributed by atoms with van der Waals surface area (Å²) in [7, 11) is 0. The summed E-state index contributed by atoms with van der Waals surface area (Å²) in [6.45, 7) is 2.18. The van der Waals surface area contributed by atoms with Crippen molar-refractivity contribution < 1.29 is 23.5 Å². The fourth-order valence-corrected chi connectivity index (χ4v) is 4.01. The monoisotopic (exact) mass is 549 g/mol. The van der Waals surface area contributed by atoms with E-state index < -0.39 is 17.5 Å². The summed E-state index contributed by atoms with van der Waals surface area (Å²) in [5, 5.41) is 3.24. The van der Waals surface area contributed by atoms with Gasteiger partial charge in [0, 0.05) is 18.0 Å². The van der Waals surface area contributed by atoms with E-state index in [4.69, 9.17) is 13.9 Å². The second kappa shape index (κ2) is 11.7. The molecular formula is C28H24BrNO6. The van der Waals surface area contributed by atoms with Crippen LogP contribution >= 0.6 is 15.9 Å². The summed E-state index contributed by atoms with van der Waals surface area (Å²) < 4.78 is 16.9. The first-order chi connectivity index (χ1) is 17.4. The number of nitrogens with one attached hydrogen (secondary N) is 1. The summed E-state index contributed by atoms with van der Waals surface area (Å²) in [6, 6.07) is 21.6. The average molecular weight is 550 g/mol. The maximum Gasteiger partial charge on any atom is 0.349 e. The largest absolute Gasteiger partial charge is 0.481 e. The molecule has 4 aromatic rings. The van der Waals surface area contributed by atoms with Crippen molar-refractivity contribution in [3.63, 3.8) is 0 Å². The lowest BCUT2D eigenvalue weighted by atomic mass is 10.1. The number of halogens is 1. The number of rotatable bonds is 9. The van der Waals surface area contributed by atoms with E-state index in [1.54, 1.807) is 18.2 Å². The standard InChI is InChI=1S/C28H24BrNO6/c1-2-3-13-30-27(32)22-14-20-9-11-21(16-25(20)36-28(22)33)35-26(31)17-34-24-12-10-19(15-23(24)29)18-7-5-4-6-8-18/h4-12,14-16H,2-3,13,17H2,1H3,(H,30,32). The number of amides is 1. The van der Waals surface area contributed by atoms with E-state index in [2.05, 4.69) is 21.2 Å². The van der Waals surface area contributed by atoms with E-state index in [1.807, 2.05) is 49.4 Å². The molecule has 0 saturated heterocycles. The number of fused-ring (bicyclic) bond motifs is 1. The maximum absolute atomic E-state index is 12.3. The number of ether oxygens (including phenoxy) is 2. The van der Waals surface area contributed by atoms with Crippen LogP contribution in [-0.4, -0.2) is 25.0 Å². The van der Waals surface area contributed by atoms with Gasteiger partial charge in [-0.25, -0.2) is 9.59 Å². The summed E-state index contributed by atoms with van der Waals surface area (Å²) in [5.74, 6) is -0.406. The Bertz CT molecular complexity index is 1450. The van der Waals surface area contributed by atoms with Crippen molar-refractivity contribution in [2.24, 2.45) is 0 Å². The highest BCUT2D eigenvalue weighted by Gasteiger charge is 2.15. The lowest BCUT2D eigenvalue weighted by molar-refractivity contribution is -0.136. The Labute approximate surface area is 216 Å². The Balaban J connectivity index is 1.39. The molecule has 1 heterocycles. The third kappa shape index (κ3) is 6.20. The fourth-order valence-electron chi connectivity index (χ4n) is 3.51. The van der Waals surface area contributed by atoms with Crippen LogP contribution in [0.15, 0.2) is 86.5 Å². The van der Waals surface area contributed by atoms with Gasteiger partial charge in [0.1, 0.15) is 22.6 Å². The normalized spacial score (nSPS) is 10.7. The Morgan fingerprint density at radius 3 is 2.53 bits per heavy atom. The molecule has 184 valence electrons. The van der Waals surface area contributed by atoms with Crippen molar-refractivity contribution in [1.29, 1.82) is 0 Å². The van der Waals surface area contributed by atoms with Crippen molar-refractivity contribution in [3.8, 4) is 22.6 Å². The zero-order valence-electron chi connectivity index (χ0n) is 19.6. The maximum atomic E-state index is 12.3. The molecule has 0 bridgehead atoms.